The highest BCUT2D eigenvalue weighted by Crippen LogP contribution is 2.44. The van der Waals surface area contributed by atoms with Crippen LogP contribution in [0.2, 0.25) is 0 Å². The Labute approximate surface area is 101 Å². The van der Waals surface area contributed by atoms with E-state index in [1.54, 1.807) is 6.92 Å². The van der Waals surface area contributed by atoms with Crippen molar-refractivity contribution in [1.29, 1.82) is 0 Å². The molecule has 0 bridgehead atoms. The zero-order chi connectivity index (χ0) is 11.9. The Balaban J connectivity index is 1.97. The van der Waals surface area contributed by atoms with Crippen LogP contribution in [0.5, 0.6) is 0 Å². The van der Waals surface area contributed by atoms with E-state index in [1.807, 2.05) is 30.5 Å². The Morgan fingerprint density at radius 2 is 2.06 bits per heavy atom. The molecule has 0 aliphatic carbocycles. The molecule has 4 nitrogen and oxygen atoms in total. The zero-order valence-electron chi connectivity index (χ0n) is 10.1. The molecule has 0 radical (unpaired) electrons. The van der Waals surface area contributed by atoms with Crippen LogP contribution in [0.25, 0.3) is 0 Å². The largest absolute Gasteiger partial charge is 0.378 e. The van der Waals surface area contributed by atoms with E-state index in [2.05, 4.69) is 4.90 Å². The maximum absolute atomic E-state index is 11.5. The number of aliphatic hydroxyl groups excluding tert-OH is 1. The van der Waals surface area contributed by atoms with Gasteiger partial charge >= 0.3 is 0 Å². The molecule has 2 heterocycles. The second-order valence-electron chi connectivity index (χ2n) is 5.03. The highest BCUT2D eigenvalue weighted by molar-refractivity contribution is 8.01. The fourth-order valence-electron chi connectivity index (χ4n) is 2.51. The Kier molecular flexibility index (Phi) is 3.20. The van der Waals surface area contributed by atoms with Gasteiger partial charge in [-0.2, -0.15) is 0 Å². The molecule has 2 saturated heterocycles. The lowest BCUT2D eigenvalue weighted by Crippen LogP contribution is -2.69. The number of aliphatic hydroxyl groups is 1. The average molecular weight is 244 g/mol. The van der Waals surface area contributed by atoms with E-state index in [0.717, 1.165) is 25.4 Å². The Bertz CT molecular complexity index is 290. The quantitative estimate of drug-likeness (QED) is 0.771. The fraction of sp³-hybridized carbons (Fsp3) is 0.909. The summed E-state index contributed by atoms with van der Waals surface area (Å²) in [6, 6.07) is 0. The summed E-state index contributed by atoms with van der Waals surface area (Å²) in [6.45, 7) is 8.12. The number of amides is 1. The van der Waals surface area contributed by atoms with Crippen molar-refractivity contribution in [2.45, 2.75) is 31.9 Å². The molecule has 1 unspecified atom stereocenters. The van der Waals surface area contributed by atoms with Crippen LogP contribution in [-0.4, -0.2) is 57.3 Å². The summed E-state index contributed by atoms with van der Waals surface area (Å²) in [5.74, 6) is 1.42. The molecule has 2 aliphatic rings. The smallest absolute Gasteiger partial charge is 0.220 e. The average Bonchev–Trinajstić information content (AvgIpc) is 2.57. The Morgan fingerprint density at radius 3 is 2.56 bits per heavy atom. The number of thioether (sulfide) groups is 1. The van der Waals surface area contributed by atoms with Crippen LogP contribution >= 0.6 is 11.8 Å². The summed E-state index contributed by atoms with van der Waals surface area (Å²) in [4.78, 5) is 15.5. The first-order chi connectivity index (χ1) is 7.46. The predicted octanol–water partition coefficient (Wildman–Crippen LogP) is 0.568. The lowest BCUT2D eigenvalue weighted by molar-refractivity contribution is -0.145. The molecule has 0 aromatic rings. The summed E-state index contributed by atoms with van der Waals surface area (Å²) < 4.78 is 0. The van der Waals surface area contributed by atoms with Crippen LogP contribution in [0, 0.1) is 5.92 Å². The molecule has 16 heavy (non-hydrogen) atoms. The molecule has 5 heteroatoms. The van der Waals surface area contributed by atoms with Gasteiger partial charge in [-0.3, -0.25) is 9.69 Å². The van der Waals surface area contributed by atoms with Crippen LogP contribution < -0.4 is 0 Å². The number of rotatable bonds is 2. The van der Waals surface area contributed by atoms with Gasteiger partial charge in [-0.1, -0.05) is 13.8 Å². The first kappa shape index (κ1) is 12.2. The second-order valence-corrected chi connectivity index (χ2v) is 6.48. The summed E-state index contributed by atoms with van der Waals surface area (Å²) in [6.07, 6.45) is -0.374. The number of carbonyl (C=O) groups excluding carboxylic acids is 1. The minimum Gasteiger partial charge on any atom is -0.378 e. The van der Waals surface area contributed by atoms with E-state index in [0.29, 0.717) is 0 Å². The van der Waals surface area contributed by atoms with Crippen molar-refractivity contribution in [1.82, 2.24) is 9.80 Å². The normalized spacial score (nSPS) is 26.2. The molecule has 1 spiro atoms. The van der Waals surface area contributed by atoms with Gasteiger partial charge in [0.05, 0.1) is 0 Å². The van der Waals surface area contributed by atoms with E-state index in [-0.39, 0.29) is 22.9 Å². The van der Waals surface area contributed by atoms with Gasteiger partial charge in [0.15, 0.2) is 0 Å². The summed E-state index contributed by atoms with van der Waals surface area (Å²) in [5, 5.41) is 9.93. The molecule has 0 aromatic carbocycles. The third-order valence-electron chi connectivity index (χ3n) is 3.43. The lowest BCUT2D eigenvalue weighted by atomic mass is 10.0. The lowest BCUT2D eigenvalue weighted by Gasteiger charge is -2.53. The second kappa shape index (κ2) is 4.20. The highest BCUT2D eigenvalue weighted by atomic mass is 32.2. The number of hydrogen-bond donors (Lipinski definition) is 1. The van der Waals surface area contributed by atoms with Crippen LogP contribution in [0.1, 0.15) is 20.8 Å². The van der Waals surface area contributed by atoms with E-state index in [1.165, 1.54) is 0 Å². The minimum absolute atomic E-state index is 0.0400. The van der Waals surface area contributed by atoms with Crippen molar-refractivity contribution in [3.63, 3.8) is 0 Å². The van der Waals surface area contributed by atoms with Gasteiger partial charge in [-0.05, 0) is 5.92 Å². The highest BCUT2D eigenvalue weighted by Gasteiger charge is 2.53. The van der Waals surface area contributed by atoms with Crippen molar-refractivity contribution in [2.24, 2.45) is 5.92 Å². The molecule has 1 amide bonds. The molecule has 0 aromatic heterocycles. The first-order valence-corrected chi connectivity index (χ1v) is 6.79. The molecule has 0 saturated carbocycles. The topological polar surface area (TPSA) is 43.8 Å². The van der Waals surface area contributed by atoms with E-state index < -0.39 is 0 Å². The van der Waals surface area contributed by atoms with Gasteiger partial charge in [-0.15, -0.1) is 11.8 Å². The van der Waals surface area contributed by atoms with Gasteiger partial charge in [0, 0.05) is 32.3 Å². The molecule has 2 rings (SSSR count). The number of hydrogen-bond acceptors (Lipinski definition) is 4. The van der Waals surface area contributed by atoms with Gasteiger partial charge in [0.1, 0.15) is 11.1 Å². The Hall–Kier alpha value is -0.260. The number of nitrogens with zero attached hydrogens (tertiary/aromatic N) is 2. The van der Waals surface area contributed by atoms with Crippen LogP contribution in [0.15, 0.2) is 0 Å². The summed E-state index contributed by atoms with van der Waals surface area (Å²) in [5.41, 5.74) is 0. The molecular formula is C11H20N2O2S. The SMILES string of the molecule is CC(=O)N1CCSC12CN(C(O)C(C)C)C2. The zero-order valence-corrected chi connectivity index (χ0v) is 11.0. The minimum atomic E-state index is -0.374. The maximum atomic E-state index is 11.5. The molecule has 2 fully saturated rings. The third kappa shape index (κ3) is 1.85. The van der Waals surface area contributed by atoms with E-state index in [9.17, 15) is 9.90 Å². The summed E-state index contributed by atoms with van der Waals surface area (Å²) >= 11 is 1.85. The van der Waals surface area contributed by atoms with Crippen molar-refractivity contribution < 1.29 is 9.90 Å². The van der Waals surface area contributed by atoms with Crippen molar-refractivity contribution >= 4 is 17.7 Å². The fourth-order valence-corrected chi connectivity index (χ4v) is 4.06. The number of carbonyl (C=O) groups is 1. The molecule has 1 N–H and O–H groups in total. The van der Waals surface area contributed by atoms with Crippen molar-refractivity contribution in [2.75, 3.05) is 25.4 Å². The molecule has 92 valence electrons. The van der Waals surface area contributed by atoms with Crippen LogP contribution in [0.4, 0.5) is 0 Å². The number of likely N-dealkylation sites (tertiary alicyclic amines) is 1. The van der Waals surface area contributed by atoms with E-state index >= 15 is 0 Å². The van der Waals surface area contributed by atoms with E-state index in [4.69, 9.17) is 0 Å². The maximum Gasteiger partial charge on any atom is 0.220 e. The standard InChI is InChI=1S/C11H20N2O2S/c1-8(2)10(15)12-6-11(7-12)13(9(3)14)4-5-16-11/h8,10,15H,4-7H2,1-3H3. The Morgan fingerprint density at radius 1 is 1.44 bits per heavy atom. The molecular weight excluding hydrogens is 224 g/mol. The van der Waals surface area contributed by atoms with Crippen LogP contribution in [0.3, 0.4) is 0 Å². The van der Waals surface area contributed by atoms with Crippen molar-refractivity contribution in [3.8, 4) is 0 Å². The first-order valence-electron chi connectivity index (χ1n) is 5.80. The summed E-state index contributed by atoms with van der Waals surface area (Å²) in [7, 11) is 0. The third-order valence-corrected chi connectivity index (χ3v) is 4.83. The predicted molar refractivity (Wildman–Crippen MR) is 65.0 cm³/mol. The van der Waals surface area contributed by atoms with Gasteiger partial charge < -0.3 is 10.0 Å². The van der Waals surface area contributed by atoms with Gasteiger partial charge in [-0.25, -0.2) is 0 Å². The van der Waals surface area contributed by atoms with Crippen LogP contribution in [-0.2, 0) is 4.79 Å². The molecule has 1 atom stereocenters. The van der Waals surface area contributed by atoms with Gasteiger partial charge in [0.2, 0.25) is 5.91 Å². The van der Waals surface area contributed by atoms with Crippen molar-refractivity contribution in [3.05, 3.63) is 0 Å². The van der Waals surface area contributed by atoms with Gasteiger partial charge in [0.25, 0.3) is 0 Å². The molecule has 2 aliphatic heterocycles. The monoisotopic (exact) mass is 244 g/mol.